The van der Waals surface area contributed by atoms with E-state index in [1.807, 2.05) is 32.0 Å². The highest BCUT2D eigenvalue weighted by atomic mass is 35.5. The van der Waals surface area contributed by atoms with Gasteiger partial charge in [-0.15, -0.1) is 0 Å². The van der Waals surface area contributed by atoms with Gasteiger partial charge in [-0.3, -0.25) is 5.43 Å². The number of rotatable bonds is 5. The van der Waals surface area contributed by atoms with Gasteiger partial charge < -0.3 is 10.1 Å². The standard InChI is InChI=1S/C17H24ClN3OS/c1-12(2)22-16-9-8-13(10-15(16)18)11-19-21-17(23)20-14-6-4-3-5-7-14/h8-12,14H,3-7H2,1-2H3,(H2,20,21,23)/b19-11-. The maximum Gasteiger partial charge on any atom is 0.187 e. The number of thiocarbonyl (C=S) groups is 1. The maximum atomic E-state index is 6.20. The molecule has 4 nitrogen and oxygen atoms in total. The van der Waals surface area contributed by atoms with Crippen LogP contribution in [0, 0.1) is 0 Å². The molecular weight excluding hydrogens is 330 g/mol. The van der Waals surface area contributed by atoms with Crippen molar-refractivity contribution in [1.82, 2.24) is 10.7 Å². The molecule has 0 atom stereocenters. The van der Waals surface area contributed by atoms with Crippen LogP contribution in [0.4, 0.5) is 0 Å². The Morgan fingerprint density at radius 1 is 1.35 bits per heavy atom. The third-order valence-electron chi connectivity index (χ3n) is 3.64. The van der Waals surface area contributed by atoms with E-state index >= 15 is 0 Å². The number of benzene rings is 1. The smallest absolute Gasteiger partial charge is 0.187 e. The van der Waals surface area contributed by atoms with E-state index in [1.165, 1.54) is 32.1 Å². The summed E-state index contributed by atoms with van der Waals surface area (Å²) in [5.41, 5.74) is 3.75. The van der Waals surface area contributed by atoms with Gasteiger partial charge in [0.15, 0.2) is 5.11 Å². The topological polar surface area (TPSA) is 45.6 Å². The molecule has 0 radical (unpaired) electrons. The first-order valence-corrected chi connectivity index (χ1v) is 8.89. The quantitative estimate of drug-likeness (QED) is 0.471. The van der Waals surface area contributed by atoms with Crippen LogP contribution in [0.3, 0.4) is 0 Å². The van der Waals surface area contributed by atoms with Gasteiger partial charge in [0.1, 0.15) is 5.75 Å². The van der Waals surface area contributed by atoms with E-state index in [0.29, 0.717) is 21.9 Å². The first kappa shape index (κ1) is 18.0. The van der Waals surface area contributed by atoms with Gasteiger partial charge in [0.2, 0.25) is 0 Å². The van der Waals surface area contributed by atoms with Crippen molar-refractivity contribution in [1.29, 1.82) is 0 Å². The van der Waals surface area contributed by atoms with Gasteiger partial charge >= 0.3 is 0 Å². The van der Waals surface area contributed by atoms with Crippen molar-refractivity contribution in [2.24, 2.45) is 5.10 Å². The second kappa shape index (κ2) is 9.08. The molecule has 1 fully saturated rings. The summed E-state index contributed by atoms with van der Waals surface area (Å²) in [4.78, 5) is 0. The molecule has 0 heterocycles. The van der Waals surface area contributed by atoms with E-state index in [2.05, 4.69) is 15.8 Å². The van der Waals surface area contributed by atoms with Crippen LogP contribution in [0.5, 0.6) is 5.75 Å². The molecule has 23 heavy (non-hydrogen) atoms. The lowest BCUT2D eigenvalue weighted by molar-refractivity contribution is 0.242. The van der Waals surface area contributed by atoms with Crippen LogP contribution in [0.15, 0.2) is 23.3 Å². The van der Waals surface area contributed by atoms with Crippen LogP contribution >= 0.6 is 23.8 Å². The van der Waals surface area contributed by atoms with Gasteiger partial charge in [-0.25, -0.2) is 0 Å². The van der Waals surface area contributed by atoms with Crippen molar-refractivity contribution in [3.63, 3.8) is 0 Å². The van der Waals surface area contributed by atoms with E-state index in [-0.39, 0.29) is 6.10 Å². The van der Waals surface area contributed by atoms with Gasteiger partial charge in [-0.1, -0.05) is 30.9 Å². The molecule has 0 aliphatic heterocycles. The highest BCUT2D eigenvalue weighted by Gasteiger charge is 2.13. The summed E-state index contributed by atoms with van der Waals surface area (Å²) in [5, 5.41) is 8.61. The van der Waals surface area contributed by atoms with E-state index in [9.17, 15) is 0 Å². The molecule has 1 aromatic carbocycles. The summed E-state index contributed by atoms with van der Waals surface area (Å²) in [6.45, 7) is 3.94. The van der Waals surface area contributed by atoms with Gasteiger partial charge in [0.25, 0.3) is 0 Å². The Morgan fingerprint density at radius 2 is 2.09 bits per heavy atom. The Balaban J connectivity index is 1.82. The fraction of sp³-hybridized carbons (Fsp3) is 0.529. The van der Waals surface area contributed by atoms with Crippen molar-refractivity contribution >= 4 is 35.1 Å². The van der Waals surface area contributed by atoms with Crippen molar-refractivity contribution in [2.75, 3.05) is 0 Å². The number of nitrogens with one attached hydrogen (secondary N) is 2. The largest absolute Gasteiger partial charge is 0.489 e. The number of ether oxygens (including phenoxy) is 1. The number of hydrazone groups is 1. The molecule has 1 aliphatic carbocycles. The third-order valence-corrected chi connectivity index (χ3v) is 4.14. The Hall–Kier alpha value is -1.33. The number of hydrogen-bond acceptors (Lipinski definition) is 3. The predicted octanol–water partition coefficient (Wildman–Crippen LogP) is 4.26. The zero-order valence-electron chi connectivity index (χ0n) is 13.6. The van der Waals surface area contributed by atoms with Crippen molar-refractivity contribution in [3.8, 4) is 5.75 Å². The third kappa shape index (κ3) is 6.36. The molecule has 0 aromatic heterocycles. The Bertz CT molecular complexity index is 557. The lowest BCUT2D eigenvalue weighted by atomic mass is 9.96. The zero-order chi connectivity index (χ0) is 16.7. The van der Waals surface area contributed by atoms with Gasteiger partial charge in [0, 0.05) is 6.04 Å². The maximum absolute atomic E-state index is 6.20. The molecular formula is C17H24ClN3OS. The molecule has 2 N–H and O–H groups in total. The van der Waals surface area contributed by atoms with Crippen LogP contribution < -0.4 is 15.5 Å². The number of nitrogens with zero attached hydrogens (tertiary/aromatic N) is 1. The summed E-state index contributed by atoms with van der Waals surface area (Å²) < 4.78 is 5.60. The van der Waals surface area contributed by atoms with E-state index in [4.69, 9.17) is 28.6 Å². The minimum atomic E-state index is 0.0944. The molecule has 1 aliphatic rings. The molecule has 0 saturated heterocycles. The Morgan fingerprint density at radius 3 is 2.74 bits per heavy atom. The molecule has 2 rings (SSSR count). The lowest BCUT2D eigenvalue weighted by Crippen LogP contribution is -2.40. The van der Waals surface area contributed by atoms with Crippen LogP contribution in [0.1, 0.15) is 51.5 Å². The Labute approximate surface area is 148 Å². The van der Waals surface area contributed by atoms with Crippen LogP contribution in [-0.2, 0) is 0 Å². The SMILES string of the molecule is CC(C)Oc1ccc(/C=N\NC(=S)NC2CCCCC2)cc1Cl. The first-order valence-electron chi connectivity index (χ1n) is 8.10. The average molecular weight is 354 g/mol. The average Bonchev–Trinajstić information content (AvgIpc) is 2.50. The van der Waals surface area contributed by atoms with Crippen LogP contribution in [-0.4, -0.2) is 23.5 Å². The van der Waals surface area contributed by atoms with Gasteiger partial charge in [-0.05, 0) is 62.7 Å². The molecule has 6 heteroatoms. The van der Waals surface area contributed by atoms with E-state index in [1.54, 1.807) is 6.21 Å². The van der Waals surface area contributed by atoms with E-state index in [0.717, 1.165) is 5.56 Å². The van der Waals surface area contributed by atoms with Crippen molar-refractivity contribution in [2.45, 2.75) is 58.1 Å². The molecule has 0 spiro atoms. The molecule has 0 unspecified atom stereocenters. The normalized spacial score (nSPS) is 15.8. The van der Waals surface area contributed by atoms with Crippen molar-refractivity contribution < 1.29 is 4.74 Å². The molecule has 0 bridgehead atoms. The lowest BCUT2D eigenvalue weighted by Gasteiger charge is -2.23. The highest BCUT2D eigenvalue weighted by Crippen LogP contribution is 2.25. The fourth-order valence-corrected chi connectivity index (χ4v) is 3.03. The highest BCUT2D eigenvalue weighted by molar-refractivity contribution is 7.80. The Kier molecular flexibility index (Phi) is 7.12. The monoisotopic (exact) mass is 353 g/mol. The molecule has 126 valence electrons. The van der Waals surface area contributed by atoms with Crippen LogP contribution in [0.2, 0.25) is 5.02 Å². The number of hydrogen-bond donors (Lipinski definition) is 2. The van der Waals surface area contributed by atoms with E-state index < -0.39 is 0 Å². The van der Waals surface area contributed by atoms with Gasteiger partial charge in [0.05, 0.1) is 17.3 Å². The molecule has 1 aromatic rings. The second-order valence-electron chi connectivity index (χ2n) is 6.03. The summed E-state index contributed by atoms with van der Waals surface area (Å²) in [5.74, 6) is 0.682. The first-order chi connectivity index (χ1) is 11.0. The number of halogens is 1. The fourth-order valence-electron chi connectivity index (χ4n) is 2.58. The predicted molar refractivity (Wildman–Crippen MR) is 101 cm³/mol. The summed E-state index contributed by atoms with van der Waals surface area (Å²) in [6, 6.07) is 6.05. The van der Waals surface area contributed by atoms with Crippen molar-refractivity contribution in [3.05, 3.63) is 28.8 Å². The zero-order valence-corrected chi connectivity index (χ0v) is 15.2. The summed E-state index contributed by atoms with van der Waals surface area (Å²) >= 11 is 11.5. The minimum Gasteiger partial charge on any atom is -0.489 e. The minimum absolute atomic E-state index is 0.0944. The summed E-state index contributed by atoms with van der Waals surface area (Å²) in [7, 11) is 0. The molecule has 1 saturated carbocycles. The molecule has 0 amide bonds. The summed E-state index contributed by atoms with van der Waals surface area (Å²) in [6.07, 6.45) is 8.02. The van der Waals surface area contributed by atoms with Gasteiger partial charge in [-0.2, -0.15) is 5.10 Å². The van der Waals surface area contributed by atoms with Crippen LogP contribution in [0.25, 0.3) is 0 Å². The second-order valence-corrected chi connectivity index (χ2v) is 6.85.